The molecule has 770 valence electrons. The highest BCUT2D eigenvalue weighted by molar-refractivity contribution is 7.09. The number of amides is 9. The lowest BCUT2D eigenvalue weighted by Crippen LogP contribution is -2.63. The fourth-order valence-corrected chi connectivity index (χ4v) is 16.1. The van der Waals surface area contributed by atoms with Crippen molar-refractivity contribution in [2.75, 3.05) is 198 Å². The van der Waals surface area contributed by atoms with E-state index in [9.17, 15) is 73.5 Å². The number of nitrogens with two attached hydrogens (primary N) is 1. The number of aromatic nitrogens is 1. The number of carbonyl (C=O) groups excluding carboxylic acids is 10. The Balaban J connectivity index is 0.806. The number of unbranched alkanes of at least 4 members (excludes halogenated alkanes) is 1. The van der Waals surface area contributed by atoms with Crippen molar-refractivity contribution in [3.05, 3.63) is 87.9 Å². The monoisotopic (exact) mass is 1960 g/mol. The Kier molecular flexibility index (Phi) is 55.0. The van der Waals surface area contributed by atoms with Crippen LogP contribution in [0.15, 0.2) is 66.1 Å². The first-order valence-electron chi connectivity index (χ1n) is 47.0. The van der Waals surface area contributed by atoms with Gasteiger partial charge in [0.05, 0.1) is 171 Å². The number of hydrogen-bond acceptors (Lipinski definition) is 33. The van der Waals surface area contributed by atoms with Gasteiger partial charge in [-0.25, -0.2) is 14.6 Å². The second kappa shape index (κ2) is 64.7. The smallest absolute Gasteiger partial charge is 0.411 e. The van der Waals surface area contributed by atoms with Gasteiger partial charge in [-0.2, -0.15) is 0 Å². The summed E-state index contributed by atoms with van der Waals surface area (Å²) in [5, 5.41) is 70.4. The number of piperidine rings is 1. The standard InChI is InChI=1S/C93H145N11O32S/c1-10-28-96-84(112)68(98-86(114)72(58-94)103-77(107)25-26-78(103)108)21-15-17-29-95-76(106)27-31-122-32-33-123-34-35-124-36-37-125-38-39-126-40-41-127-42-43-128-44-45-129-46-47-130-48-49-131-50-51-132-52-53-133-93(121)100-69-56-66(23-24-74(69)135-92-82(111)80(109)81(110)83(136-92)91(119)120)59-104(9)30-18-16-22-73(104)87(115)101-79(62(5)11-2)89(116)102(8)71(61(3)4)57-75(134-64(7)105)88-99-70(60-137-88)85(113)97-67(54-63(6)90(117)118)55-65-19-13-12-14-20-65/h12-14,19-20,23-26,56,60-63,67-68,71-73,75,79-83,92,109-111H,10-11,15-18,21-22,27-55,57-59,94H2,1-9H3,(H7-,95,96,97,98,100,101,106,112,113,114,115,117,118,119,120,121)/p+1/t62-,63-,67+,68-,71+,72-,73+,75+,79-,80-,81-,82+,83-,92+,104?/m0/s1. The van der Waals surface area contributed by atoms with Gasteiger partial charge in [-0.05, 0) is 87.0 Å². The minimum atomic E-state index is -2.01. The van der Waals surface area contributed by atoms with Crippen molar-refractivity contribution in [2.45, 2.75) is 205 Å². The first kappa shape index (κ1) is 116. The molecule has 43 nitrogen and oxygen atoms in total. The van der Waals surface area contributed by atoms with Crippen LogP contribution >= 0.6 is 11.3 Å². The van der Waals surface area contributed by atoms with Crippen LogP contribution in [0.25, 0.3) is 0 Å². The van der Waals surface area contributed by atoms with Gasteiger partial charge in [0.15, 0.2) is 18.2 Å². The normalized spacial score (nSPS) is 19.4. The second-order valence-electron chi connectivity index (χ2n) is 34.0. The molecular weight excluding hydrogens is 1820 g/mol. The number of carbonyl (C=O) groups is 12. The van der Waals surface area contributed by atoms with E-state index in [1.807, 2.05) is 72.0 Å². The summed E-state index contributed by atoms with van der Waals surface area (Å²) < 4.78 is 84.0. The number of rotatable bonds is 72. The number of anilines is 1. The van der Waals surface area contributed by atoms with Crippen molar-refractivity contribution >= 4 is 88.3 Å². The van der Waals surface area contributed by atoms with E-state index in [4.69, 9.17) is 76.8 Å². The summed E-state index contributed by atoms with van der Waals surface area (Å²) in [4.78, 5) is 164. The van der Waals surface area contributed by atoms with Gasteiger partial charge in [-0.15, -0.1) is 11.3 Å². The predicted octanol–water partition coefficient (Wildman–Crippen LogP) is 2.74. The number of nitrogens with one attached hydrogen (secondary N) is 6. The summed E-state index contributed by atoms with van der Waals surface area (Å²) in [6.07, 6.45) is -4.61. The number of benzene rings is 2. The Bertz CT molecular complexity index is 4160. The number of imide groups is 1. The van der Waals surface area contributed by atoms with Crippen LogP contribution in [-0.4, -0.2) is 375 Å². The largest absolute Gasteiger partial charge is 0.481 e. The fourth-order valence-electron chi connectivity index (χ4n) is 15.2. The number of carboxylic acids is 2. The molecule has 3 aliphatic rings. The molecule has 2 saturated heterocycles. The van der Waals surface area contributed by atoms with E-state index in [-0.39, 0.29) is 130 Å². The van der Waals surface area contributed by atoms with Crippen LogP contribution in [0.1, 0.15) is 152 Å². The molecule has 13 N–H and O–H groups in total. The highest BCUT2D eigenvalue weighted by atomic mass is 32.1. The zero-order valence-electron chi connectivity index (χ0n) is 80.3. The van der Waals surface area contributed by atoms with Crippen molar-refractivity contribution in [3.63, 3.8) is 0 Å². The van der Waals surface area contributed by atoms with E-state index in [1.54, 1.807) is 36.4 Å². The highest BCUT2D eigenvalue weighted by Crippen LogP contribution is 2.36. The van der Waals surface area contributed by atoms with Crippen molar-refractivity contribution < 1.29 is 159 Å². The summed E-state index contributed by atoms with van der Waals surface area (Å²) in [5.41, 5.74) is 7.22. The Morgan fingerprint density at radius 3 is 1.72 bits per heavy atom. The van der Waals surface area contributed by atoms with Crippen molar-refractivity contribution in [1.29, 1.82) is 0 Å². The number of thiazole rings is 1. The first-order valence-corrected chi connectivity index (χ1v) is 47.9. The first-order chi connectivity index (χ1) is 65.8. The minimum absolute atomic E-state index is 0.0292. The van der Waals surface area contributed by atoms with E-state index in [0.29, 0.717) is 187 Å². The third kappa shape index (κ3) is 42.3. The van der Waals surface area contributed by atoms with Crippen LogP contribution in [0.2, 0.25) is 0 Å². The summed E-state index contributed by atoms with van der Waals surface area (Å²) in [6.45, 7) is 20.2. The Labute approximate surface area is 804 Å². The van der Waals surface area contributed by atoms with Crippen LogP contribution in [0.4, 0.5) is 10.5 Å². The quantitative estimate of drug-likeness (QED) is 0.0167. The molecule has 15 atom stereocenters. The van der Waals surface area contributed by atoms with Crippen molar-refractivity contribution in [1.82, 2.24) is 41.4 Å². The van der Waals surface area contributed by atoms with Gasteiger partial charge >= 0.3 is 24.0 Å². The van der Waals surface area contributed by atoms with Crippen molar-refractivity contribution in [2.24, 2.45) is 23.5 Å². The molecule has 0 spiro atoms. The lowest BCUT2D eigenvalue weighted by atomic mass is 9.92. The third-order valence-corrected chi connectivity index (χ3v) is 23.9. The van der Waals surface area contributed by atoms with Gasteiger partial charge in [0.1, 0.15) is 66.0 Å². The number of quaternary nitrogens is 1. The molecule has 0 saturated carbocycles. The van der Waals surface area contributed by atoms with Gasteiger partial charge in [0, 0.05) is 88.0 Å². The van der Waals surface area contributed by atoms with E-state index in [1.165, 1.54) is 13.0 Å². The SMILES string of the molecule is CCCNC(=O)[C@H](CCCCNC(=O)CCOCCOCCOCCOCCOCCOCCOCCOCCOCCOCCOCCOC(=O)Nc1cc(C[N+]2(C)CCCC[C@@H]2C(=O)N[C@H](C(=O)N(C)[C@H](C[C@@H](OC(C)=O)c2nc(C(=O)N[C@@H](Cc3ccccc3)C[C@H](C)C(=O)O)cs2)C(C)C)[C@@H](C)CC)ccc1O[C@@H]1O[C@H](C(=O)O)[C@@H](O)[C@H](O)[C@H]1O)NC(=O)[C@H](CN)N1C(=O)C=CC1=O. The van der Waals surface area contributed by atoms with Gasteiger partial charge in [-0.1, -0.05) is 78.3 Å². The van der Waals surface area contributed by atoms with Gasteiger partial charge < -0.3 is 138 Å². The molecule has 44 heteroatoms. The second-order valence-corrected chi connectivity index (χ2v) is 34.9. The van der Waals surface area contributed by atoms with Gasteiger partial charge in [0.25, 0.3) is 23.6 Å². The molecule has 6 rings (SSSR count). The van der Waals surface area contributed by atoms with Crippen LogP contribution in [0, 0.1) is 17.8 Å². The molecule has 0 bridgehead atoms. The number of hydrogen-bond donors (Lipinski definition) is 12. The number of aliphatic carboxylic acids is 2. The predicted molar refractivity (Wildman–Crippen MR) is 495 cm³/mol. The molecule has 3 aliphatic heterocycles. The molecule has 137 heavy (non-hydrogen) atoms. The number of likely N-dealkylation sites (tertiary alicyclic amines) is 1. The van der Waals surface area contributed by atoms with Crippen LogP contribution in [0.5, 0.6) is 5.75 Å². The minimum Gasteiger partial charge on any atom is -0.481 e. The van der Waals surface area contributed by atoms with Crippen molar-refractivity contribution in [3.8, 4) is 5.75 Å². The Hall–Kier alpha value is -9.43. The van der Waals surface area contributed by atoms with Crippen LogP contribution in [-0.2, 0) is 127 Å². The number of aliphatic hydroxyl groups is 3. The maximum Gasteiger partial charge on any atom is 0.411 e. The van der Waals surface area contributed by atoms with Gasteiger partial charge in [-0.3, -0.25) is 58.2 Å². The average Bonchev–Trinajstić information content (AvgIpc) is 1.55. The highest BCUT2D eigenvalue weighted by Gasteiger charge is 2.49. The van der Waals surface area contributed by atoms with Crippen LogP contribution in [0.3, 0.4) is 0 Å². The average molecular weight is 1960 g/mol. The molecule has 2 aromatic carbocycles. The topological polar surface area (TPSA) is 562 Å². The molecule has 1 aromatic heterocycles. The maximum atomic E-state index is 15.1. The number of aliphatic hydroxyl groups excluding tert-OH is 3. The lowest BCUT2D eigenvalue weighted by molar-refractivity contribution is -0.942. The summed E-state index contributed by atoms with van der Waals surface area (Å²) in [6, 6.07) is 8.94. The Morgan fingerprint density at radius 2 is 1.20 bits per heavy atom. The molecule has 4 heterocycles. The summed E-state index contributed by atoms with van der Waals surface area (Å²) >= 11 is 1.10. The summed E-state index contributed by atoms with van der Waals surface area (Å²) in [5.74, 6) is -8.70. The molecular formula is C93H146N11O32S+. The van der Waals surface area contributed by atoms with Crippen LogP contribution < -0.4 is 42.4 Å². The zero-order valence-corrected chi connectivity index (χ0v) is 81.1. The molecule has 1 unspecified atom stereocenters. The van der Waals surface area contributed by atoms with Gasteiger partial charge in [0.2, 0.25) is 29.9 Å². The Morgan fingerprint density at radius 1 is 0.650 bits per heavy atom. The van der Waals surface area contributed by atoms with E-state index in [0.717, 1.165) is 40.4 Å². The number of likely N-dealkylation sites (N-methyl/N-ethyl adjacent to an activating group) is 2. The lowest BCUT2D eigenvalue weighted by Gasteiger charge is -2.44. The molecule has 3 aromatic rings. The van der Waals surface area contributed by atoms with E-state index < -0.39 is 133 Å². The molecule has 0 radical (unpaired) electrons. The number of nitrogens with zero attached hydrogens (tertiary/aromatic N) is 4. The maximum absolute atomic E-state index is 15.1. The molecule has 2 fully saturated rings. The molecule has 0 aliphatic carbocycles. The number of ether oxygens (including phenoxy) is 15. The number of carboxylic acid groups (broad SMARTS) is 2. The fraction of sp³-hybridized carbons (Fsp3) is 0.688. The molecule has 9 amide bonds. The van der Waals surface area contributed by atoms with E-state index in [2.05, 4.69) is 36.9 Å². The zero-order chi connectivity index (χ0) is 100. The van der Waals surface area contributed by atoms with E-state index >= 15 is 9.59 Å². The third-order valence-electron chi connectivity index (χ3n) is 23.0. The number of esters is 1. The summed E-state index contributed by atoms with van der Waals surface area (Å²) in [7, 11) is 3.55.